The number of hydrogen-bond acceptors (Lipinski definition) is 4. The predicted molar refractivity (Wildman–Crippen MR) is 89.9 cm³/mol. The van der Waals surface area contributed by atoms with E-state index >= 15 is 0 Å². The Morgan fingerprint density at radius 3 is 2.29 bits per heavy atom. The van der Waals surface area contributed by atoms with E-state index in [0.717, 1.165) is 9.87 Å². The Bertz CT molecular complexity index is 861. The molecule has 7 heteroatoms. The van der Waals surface area contributed by atoms with Crippen molar-refractivity contribution in [3.8, 4) is 0 Å². The Labute approximate surface area is 140 Å². The Morgan fingerprint density at radius 2 is 1.71 bits per heavy atom. The molecule has 1 saturated heterocycles. The van der Waals surface area contributed by atoms with Gasteiger partial charge in [0, 0.05) is 18.5 Å². The maximum atomic E-state index is 12.1. The number of nitrogens with zero attached hydrogens (tertiary/aromatic N) is 1. The molecule has 2 aromatic carbocycles. The van der Waals surface area contributed by atoms with Crippen molar-refractivity contribution in [2.45, 2.75) is 13.0 Å². The third-order valence-electron chi connectivity index (χ3n) is 3.74. The molecule has 1 aliphatic heterocycles. The number of hydrogen-bond donors (Lipinski definition) is 1. The Hall–Kier alpha value is -2.67. The van der Waals surface area contributed by atoms with Gasteiger partial charge in [-0.25, -0.2) is 12.7 Å². The molecule has 0 radical (unpaired) electrons. The van der Waals surface area contributed by atoms with Crippen LogP contribution < -0.4 is 9.62 Å². The van der Waals surface area contributed by atoms with Gasteiger partial charge in [-0.1, -0.05) is 30.3 Å². The zero-order valence-electron chi connectivity index (χ0n) is 12.8. The molecule has 1 aliphatic rings. The fourth-order valence-electron chi connectivity index (χ4n) is 2.50. The van der Waals surface area contributed by atoms with E-state index in [4.69, 9.17) is 0 Å². The van der Waals surface area contributed by atoms with E-state index in [9.17, 15) is 18.0 Å². The lowest BCUT2D eigenvalue weighted by Gasteiger charge is -2.15. The van der Waals surface area contributed by atoms with Crippen molar-refractivity contribution < 1.29 is 18.0 Å². The van der Waals surface area contributed by atoms with Crippen molar-refractivity contribution in [3.63, 3.8) is 0 Å². The van der Waals surface area contributed by atoms with Gasteiger partial charge in [-0.2, -0.15) is 0 Å². The Kier molecular flexibility index (Phi) is 4.35. The van der Waals surface area contributed by atoms with Gasteiger partial charge in [0.2, 0.25) is 15.9 Å². The highest BCUT2D eigenvalue weighted by atomic mass is 32.2. The fourth-order valence-corrected chi connectivity index (χ4v) is 3.96. The molecule has 0 saturated carbocycles. The zero-order chi connectivity index (χ0) is 17.2. The number of anilines is 1. The number of benzene rings is 2. The average Bonchev–Trinajstić information content (AvgIpc) is 2.87. The molecule has 0 spiro atoms. The van der Waals surface area contributed by atoms with E-state index in [0.29, 0.717) is 12.1 Å². The van der Waals surface area contributed by atoms with Gasteiger partial charge in [0.1, 0.15) is 0 Å². The number of sulfonamides is 1. The van der Waals surface area contributed by atoms with E-state index in [1.165, 1.54) is 24.3 Å². The van der Waals surface area contributed by atoms with E-state index in [1.807, 2.05) is 30.3 Å². The zero-order valence-corrected chi connectivity index (χ0v) is 13.6. The smallest absolute Gasteiger partial charge is 0.251 e. The molecule has 0 atom stereocenters. The van der Waals surface area contributed by atoms with Crippen molar-refractivity contribution in [1.82, 2.24) is 5.32 Å². The lowest BCUT2D eigenvalue weighted by Crippen LogP contribution is -2.29. The van der Waals surface area contributed by atoms with E-state index < -0.39 is 15.9 Å². The van der Waals surface area contributed by atoms with Crippen LogP contribution in [-0.4, -0.2) is 26.0 Å². The monoisotopic (exact) mass is 344 g/mol. The van der Waals surface area contributed by atoms with Gasteiger partial charge in [0.15, 0.2) is 0 Å². The van der Waals surface area contributed by atoms with Crippen LogP contribution in [-0.2, 0) is 21.4 Å². The first-order valence-corrected chi connectivity index (χ1v) is 9.06. The van der Waals surface area contributed by atoms with Gasteiger partial charge in [0.05, 0.1) is 11.4 Å². The third kappa shape index (κ3) is 3.30. The molecule has 1 N–H and O–H groups in total. The van der Waals surface area contributed by atoms with Gasteiger partial charge < -0.3 is 5.32 Å². The quantitative estimate of drug-likeness (QED) is 0.915. The average molecular weight is 344 g/mol. The summed E-state index contributed by atoms with van der Waals surface area (Å²) in [6.07, 6.45) is -0.0123. The van der Waals surface area contributed by atoms with Crippen LogP contribution in [0.5, 0.6) is 0 Å². The van der Waals surface area contributed by atoms with Gasteiger partial charge in [0.25, 0.3) is 5.91 Å². The maximum absolute atomic E-state index is 12.1. The highest BCUT2D eigenvalue weighted by Gasteiger charge is 2.36. The van der Waals surface area contributed by atoms with Gasteiger partial charge in [-0.15, -0.1) is 0 Å². The molecule has 2 amide bonds. The number of carbonyl (C=O) groups is 2. The van der Waals surface area contributed by atoms with Crippen LogP contribution in [0.2, 0.25) is 0 Å². The Morgan fingerprint density at radius 1 is 1.04 bits per heavy atom. The van der Waals surface area contributed by atoms with Crippen molar-refractivity contribution in [2.24, 2.45) is 0 Å². The molecule has 6 nitrogen and oxygen atoms in total. The van der Waals surface area contributed by atoms with Gasteiger partial charge >= 0.3 is 0 Å². The summed E-state index contributed by atoms with van der Waals surface area (Å²) in [5, 5.41) is 2.79. The van der Waals surface area contributed by atoms with Crippen LogP contribution >= 0.6 is 0 Å². The molecule has 124 valence electrons. The molecule has 1 heterocycles. The molecule has 1 fully saturated rings. The third-order valence-corrected chi connectivity index (χ3v) is 5.43. The second kappa shape index (κ2) is 6.45. The molecule has 0 unspecified atom stereocenters. The first-order chi connectivity index (χ1) is 11.5. The summed E-state index contributed by atoms with van der Waals surface area (Å²) in [6, 6.07) is 15.5. The van der Waals surface area contributed by atoms with E-state index in [2.05, 4.69) is 5.32 Å². The number of rotatable bonds is 4. The summed E-state index contributed by atoms with van der Waals surface area (Å²) in [5.41, 5.74) is 1.65. The predicted octanol–water partition coefficient (Wildman–Crippen LogP) is 1.68. The first kappa shape index (κ1) is 16.2. The number of carbonyl (C=O) groups excluding carboxylic acids is 2. The summed E-state index contributed by atoms with van der Waals surface area (Å²) >= 11 is 0. The van der Waals surface area contributed by atoms with Crippen molar-refractivity contribution in [3.05, 3.63) is 65.7 Å². The van der Waals surface area contributed by atoms with Crippen molar-refractivity contribution in [1.29, 1.82) is 0 Å². The SMILES string of the molecule is O=C(NCc1ccccc1)c1ccc(N2C(=O)CCS2(=O)=O)cc1. The second-order valence-electron chi connectivity index (χ2n) is 5.44. The summed E-state index contributed by atoms with van der Waals surface area (Å²) in [7, 11) is -3.59. The summed E-state index contributed by atoms with van der Waals surface area (Å²) in [4.78, 5) is 23.9. The molecular weight excluding hydrogens is 328 g/mol. The van der Waals surface area contributed by atoms with Crippen LogP contribution in [0.4, 0.5) is 5.69 Å². The van der Waals surface area contributed by atoms with Crippen molar-refractivity contribution in [2.75, 3.05) is 10.1 Å². The topological polar surface area (TPSA) is 83.6 Å². The second-order valence-corrected chi connectivity index (χ2v) is 7.38. The van der Waals surface area contributed by atoms with Crippen LogP contribution in [0.1, 0.15) is 22.3 Å². The summed E-state index contributed by atoms with van der Waals surface area (Å²) in [6.45, 7) is 0.403. The van der Waals surface area contributed by atoms with Crippen LogP contribution in [0.25, 0.3) is 0 Å². The minimum Gasteiger partial charge on any atom is -0.348 e. The molecule has 0 aliphatic carbocycles. The number of nitrogens with one attached hydrogen (secondary N) is 1. The maximum Gasteiger partial charge on any atom is 0.251 e. The largest absolute Gasteiger partial charge is 0.348 e. The molecule has 0 bridgehead atoms. The van der Waals surface area contributed by atoms with Crippen molar-refractivity contribution >= 4 is 27.5 Å². The standard InChI is InChI=1S/C17H16N2O4S/c20-16-10-11-24(22,23)19(16)15-8-6-14(7-9-15)17(21)18-12-13-4-2-1-3-5-13/h1-9H,10-12H2,(H,18,21). The minimum absolute atomic E-state index is 0.0123. The molecule has 3 rings (SSSR count). The first-order valence-electron chi connectivity index (χ1n) is 7.45. The molecule has 24 heavy (non-hydrogen) atoms. The molecule has 0 aromatic heterocycles. The normalized spacial score (nSPS) is 16.2. The molecular formula is C17H16N2O4S. The van der Waals surface area contributed by atoms with Crippen LogP contribution in [0, 0.1) is 0 Å². The van der Waals surface area contributed by atoms with E-state index in [1.54, 1.807) is 0 Å². The summed E-state index contributed by atoms with van der Waals surface area (Å²) in [5.74, 6) is -0.886. The summed E-state index contributed by atoms with van der Waals surface area (Å²) < 4.78 is 24.6. The van der Waals surface area contributed by atoms with Gasteiger partial charge in [-0.3, -0.25) is 9.59 Å². The van der Waals surface area contributed by atoms with Gasteiger partial charge in [-0.05, 0) is 29.8 Å². The minimum atomic E-state index is -3.59. The molecule has 2 aromatic rings. The van der Waals surface area contributed by atoms with Crippen LogP contribution in [0.3, 0.4) is 0 Å². The fraction of sp³-hybridized carbons (Fsp3) is 0.176. The number of amides is 2. The van der Waals surface area contributed by atoms with Crippen LogP contribution in [0.15, 0.2) is 54.6 Å². The lowest BCUT2D eigenvalue weighted by molar-refractivity contribution is -0.116. The highest BCUT2D eigenvalue weighted by molar-refractivity contribution is 7.94. The lowest BCUT2D eigenvalue weighted by atomic mass is 10.1. The highest BCUT2D eigenvalue weighted by Crippen LogP contribution is 2.25. The Balaban J connectivity index is 1.70. The van der Waals surface area contributed by atoms with E-state index in [-0.39, 0.29) is 23.8 Å².